The number of hydrogen-bond donors (Lipinski definition) is 2. The number of nitro benzene ring substituents is 1. The summed E-state index contributed by atoms with van der Waals surface area (Å²) in [6.07, 6.45) is 4.29. The molecule has 0 aromatic heterocycles. The normalized spacial score (nSPS) is 16.7. The molecular formula is C14H18FN3O3. The maximum Gasteiger partial charge on any atom is 0.293 e. The number of benzene rings is 1. The Morgan fingerprint density at radius 2 is 2.10 bits per heavy atom. The lowest BCUT2D eigenvalue weighted by Crippen LogP contribution is -2.38. The van der Waals surface area contributed by atoms with Crippen LogP contribution in [0.25, 0.3) is 0 Å². The Kier molecular flexibility index (Phi) is 4.40. The Labute approximate surface area is 121 Å². The van der Waals surface area contributed by atoms with Crippen LogP contribution in [0.1, 0.15) is 43.0 Å². The van der Waals surface area contributed by atoms with E-state index in [0.717, 1.165) is 37.8 Å². The molecule has 3 N–H and O–H groups in total. The number of hydrogen-bond acceptors (Lipinski definition) is 4. The van der Waals surface area contributed by atoms with E-state index >= 15 is 0 Å². The van der Waals surface area contributed by atoms with Crippen molar-refractivity contribution < 1.29 is 14.1 Å². The fraction of sp³-hybridized carbons (Fsp3) is 0.500. The lowest BCUT2D eigenvalue weighted by molar-refractivity contribution is -0.384. The fourth-order valence-electron chi connectivity index (χ4n) is 2.83. The molecule has 0 saturated heterocycles. The smallest absolute Gasteiger partial charge is 0.293 e. The van der Waals surface area contributed by atoms with Crippen molar-refractivity contribution in [2.45, 2.75) is 38.6 Å². The van der Waals surface area contributed by atoms with Gasteiger partial charge < -0.3 is 11.1 Å². The second-order valence-corrected chi connectivity index (χ2v) is 5.42. The predicted octanol–water partition coefficient (Wildman–Crippen LogP) is 2.62. The summed E-state index contributed by atoms with van der Waals surface area (Å²) in [6.45, 7) is 1.86. The topological polar surface area (TPSA) is 98.3 Å². The second-order valence-electron chi connectivity index (χ2n) is 5.42. The second kappa shape index (κ2) is 6.07. The van der Waals surface area contributed by atoms with Gasteiger partial charge in [-0.25, -0.2) is 4.39 Å². The standard InChI is InChI=1S/C14H18FN3O3/c1-8(9-4-2-3-5-9)17-14(19)12-10(15)6-7-11(13(12)16)18(20)21/h6-9H,2-5,16H2,1H3,(H,17,19). The molecule has 1 aliphatic rings. The number of anilines is 1. The summed E-state index contributed by atoms with van der Waals surface area (Å²) in [6, 6.07) is 1.74. The van der Waals surface area contributed by atoms with Crippen molar-refractivity contribution in [3.63, 3.8) is 0 Å². The number of nitrogens with one attached hydrogen (secondary N) is 1. The van der Waals surface area contributed by atoms with Crippen LogP contribution < -0.4 is 11.1 Å². The molecule has 7 heteroatoms. The van der Waals surface area contributed by atoms with Gasteiger partial charge in [0, 0.05) is 12.1 Å². The predicted molar refractivity (Wildman–Crippen MR) is 76.4 cm³/mol. The summed E-state index contributed by atoms with van der Waals surface area (Å²) in [7, 11) is 0. The largest absolute Gasteiger partial charge is 0.392 e. The fourth-order valence-corrected chi connectivity index (χ4v) is 2.83. The van der Waals surface area contributed by atoms with Crippen molar-refractivity contribution in [1.82, 2.24) is 5.32 Å². The van der Waals surface area contributed by atoms with E-state index in [1.54, 1.807) is 0 Å². The van der Waals surface area contributed by atoms with Crippen molar-refractivity contribution in [2.75, 3.05) is 5.73 Å². The number of rotatable bonds is 4. The number of nitrogen functional groups attached to an aromatic ring is 1. The molecule has 1 amide bonds. The molecule has 2 rings (SSSR count). The minimum Gasteiger partial charge on any atom is -0.392 e. The van der Waals surface area contributed by atoms with E-state index in [9.17, 15) is 19.3 Å². The molecule has 1 atom stereocenters. The van der Waals surface area contributed by atoms with E-state index < -0.39 is 33.6 Å². The quantitative estimate of drug-likeness (QED) is 0.506. The molecule has 0 bridgehead atoms. The number of amides is 1. The minimum absolute atomic E-state index is 0.113. The van der Waals surface area contributed by atoms with E-state index in [1.807, 2.05) is 6.92 Å². The Morgan fingerprint density at radius 1 is 1.48 bits per heavy atom. The first-order valence-corrected chi connectivity index (χ1v) is 6.95. The van der Waals surface area contributed by atoms with Crippen molar-refractivity contribution in [1.29, 1.82) is 0 Å². The average Bonchev–Trinajstić information content (AvgIpc) is 2.91. The summed E-state index contributed by atoms with van der Waals surface area (Å²) in [5.41, 5.74) is 4.23. The van der Waals surface area contributed by atoms with E-state index in [1.165, 1.54) is 0 Å². The van der Waals surface area contributed by atoms with Crippen LogP contribution in [0.2, 0.25) is 0 Å². The van der Waals surface area contributed by atoms with Gasteiger partial charge in [0.05, 0.1) is 4.92 Å². The molecule has 0 radical (unpaired) electrons. The molecule has 1 fully saturated rings. The highest BCUT2D eigenvalue weighted by Crippen LogP contribution is 2.30. The highest BCUT2D eigenvalue weighted by Gasteiger charge is 2.27. The third kappa shape index (κ3) is 3.12. The van der Waals surface area contributed by atoms with E-state index in [4.69, 9.17) is 5.73 Å². The van der Waals surface area contributed by atoms with Crippen LogP contribution in [0.15, 0.2) is 12.1 Å². The van der Waals surface area contributed by atoms with Gasteiger partial charge in [-0.15, -0.1) is 0 Å². The van der Waals surface area contributed by atoms with Crippen LogP contribution >= 0.6 is 0 Å². The number of halogens is 1. The van der Waals surface area contributed by atoms with Gasteiger partial charge in [-0.05, 0) is 31.7 Å². The van der Waals surface area contributed by atoms with E-state index in [-0.39, 0.29) is 6.04 Å². The zero-order chi connectivity index (χ0) is 15.6. The lowest BCUT2D eigenvalue weighted by Gasteiger charge is -2.20. The number of nitro groups is 1. The highest BCUT2D eigenvalue weighted by molar-refractivity contribution is 6.01. The van der Waals surface area contributed by atoms with Gasteiger partial charge in [0.25, 0.3) is 11.6 Å². The van der Waals surface area contributed by atoms with E-state index in [0.29, 0.717) is 5.92 Å². The summed E-state index contributed by atoms with van der Waals surface area (Å²) < 4.78 is 13.8. The number of carbonyl (C=O) groups excluding carboxylic acids is 1. The Morgan fingerprint density at radius 3 is 2.67 bits per heavy atom. The molecule has 0 spiro atoms. The molecule has 1 aromatic rings. The molecule has 21 heavy (non-hydrogen) atoms. The zero-order valence-electron chi connectivity index (χ0n) is 11.8. The molecule has 0 aliphatic heterocycles. The SMILES string of the molecule is CC(NC(=O)c1c(F)ccc([N+](=O)[O-])c1N)C1CCCC1. The number of nitrogens with zero attached hydrogens (tertiary/aromatic N) is 1. The molecular weight excluding hydrogens is 277 g/mol. The molecule has 6 nitrogen and oxygen atoms in total. The summed E-state index contributed by atoms with van der Waals surface area (Å²) >= 11 is 0. The van der Waals surface area contributed by atoms with Gasteiger partial charge >= 0.3 is 0 Å². The lowest BCUT2D eigenvalue weighted by atomic mass is 9.99. The molecule has 114 valence electrons. The molecule has 1 saturated carbocycles. The van der Waals surface area contributed by atoms with Crippen LogP contribution in [0.4, 0.5) is 15.8 Å². The van der Waals surface area contributed by atoms with Crippen molar-refractivity contribution >= 4 is 17.3 Å². The molecule has 1 aliphatic carbocycles. The van der Waals surface area contributed by atoms with Gasteiger partial charge in [0.2, 0.25) is 0 Å². The first-order chi connectivity index (χ1) is 9.91. The molecule has 0 heterocycles. The summed E-state index contributed by atoms with van der Waals surface area (Å²) in [4.78, 5) is 22.3. The van der Waals surface area contributed by atoms with Crippen LogP contribution in [-0.4, -0.2) is 16.9 Å². The minimum atomic E-state index is -0.853. The highest BCUT2D eigenvalue weighted by atomic mass is 19.1. The van der Waals surface area contributed by atoms with Crippen LogP contribution in [0, 0.1) is 21.8 Å². The van der Waals surface area contributed by atoms with Crippen molar-refractivity contribution in [3.8, 4) is 0 Å². The third-order valence-electron chi connectivity index (χ3n) is 4.06. The van der Waals surface area contributed by atoms with E-state index in [2.05, 4.69) is 5.32 Å². The number of nitrogens with two attached hydrogens (primary N) is 1. The first-order valence-electron chi connectivity index (χ1n) is 6.95. The van der Waals surface area contributed by atoms with Crippen LogP contribution in [0.5, 0.6) is 0 Å². The molecule has 1 unspecified atom stereocenters. The van der Waals surface area contributed by atoms with Gasteiger partial charge in [-0.3, -0.25) is 14.9 Å². The van der Waals surface area contributed by atoms with Gasteiger partial charge in [0.15, 0.2) is 0 Å². The third-order valence-corrected chi connectivity index (χ3v) is 4.06. The first kappa shape index (κ1) is 15.2. The van der Waals surface area contributed by atoms with Crippen LogP contribution in [-0.2, 0) is 0 Å². The van der Waals surface area contributed by atoms with Gasteiger partial charge in [-0.1, -0.05) is 12.8 Å². The van der Waals surface area contributed by atoms with Crippen molar-refractivity contribution in [2.24, 2.45) is 5.92 Å². The zero-order valence-corrected chi connectivity index (χ0v) is 11.8. The molecule has 1 aromatic carbocycles. The summed E-state index contributed by atoms with van der Waals surface area (Å²) in [5.74, 6) is -1.20. The van der Waals surface area contributed by atoms with Gasteiger partial charge in [-0.2, -0.15) is 0 Å². The summed E-state index contributed by atoms with van der Waals surface area (Å²) in [5, 5.41) is 13.5. The number of carbonyl (C=O) groups is 1. The van der Waals surface area contributed by atoms with Crippen molar-refractivity contribution in [3.05, 3.63) is 33.6 Å². The Bertz CT molecular complexity index is 571. The maximum atomic E-state index is 13.8. The Balaban J connectivity index is 2.22. The monoisotopic (exact) mass is 295 g/mol. The van der Waals surface area contributed by atoms with Gasteiger partial charge in [0.1, 0.15) is 17.1 Å². The Hall–Kier alpha value is -2.18. The van der Waals surface area contributed by atoms with Crippen LogP contribution in [0.3, 0.4) is 0 Å². The average molecular weight is 295 g/mol. The maximum absolute atomic E-state index is 13.8.